The Morgan fingerprint density at radius 3 is 2.76 bits per heavy atom. The molecular formula is C21H21N3O. The van der Waals surface area contributed by atoms with Gasteiger partial charge in [-0.25, -0.2) is 4.98 Å². The molecule has 4 rings (SSSR count). The van der Waals surface area contributed by atoms with E-state index >= 15 is 0 Å². The molecule has 1 saturated carbocycles. The van der Waals surface area contributed by atoms with Crippen molar-refractivity contribution in [3.8, 4) is 0 Å². The lowest BCUT2D eigenvalue weighted by molar-refractivity contribution is -0.122. The van der Waals surface area contributed by atoms with E-state index in [0.717, 1.165) is 18.5 Å². The highest BCUT2D eigenvalue weighted by Gasteiger charge is 2.43. The van der Waals surface area contributed by atoms with Crippen LogP contribution in [0.25, 0.3) is 0 Å². The summed E-state index contributed by atoms with van der Waals surface area (Å²) in [6.45, 7) is 1.37. The third-order valence-electron chi connectivity index (χ3n) is 4.74. The average Bonchev–Trinajstić information content (AvgIpc) is 3.30. The van der Waals surface area contributed by atoms with Gasteiger partial charge in [0.1, 0.15) is 0 Å². The zero-order chi connectivity index (χ0) is 17.1. The fourth-order valence-corrected chi connectivity index (χ4v) is 3.30. The first-order valence-electron chi connectivity index (χ1n) is 8.66. The van der Waals surface area contributed by atoms with Gasteiger partial charge in [-0.1, -0.05) is 54.6 Å². The molecule has 1 fully saturated rings. The summed E-state index contributed by atoms with van der Waals surface area (Å²) < 4.78 is 2.03. The number of amides is 1. The van der Waals surface area contributed by atoms with Crippen LogP contribution in [0.2, 0.25) is 0 Å². The molecule has 2 aromatic carbocycles. The van der Waals surface area contributed by atoms with Gasteiger partial charge in [0.15, 0.2) is 0 Å². The highest BCUT2D eigenvalue weighted by molar-refractivity contribution is 5.82. The van der Waals surface area contributed by atoms with Crippen molar-refractivity contribution in [3.05, 3.63) is 90.0 Å². The van der Waals surface area contributed by atoms with Crippen LogP contribution in [-0.4, -0.2) is 15.5 Å². The van der Waals surface area contributed by atoms with Gasteiger partial charge in [0, 0.05) is 31.4 Å². The minimum atomic E-state index is 0.122. The maximum absolute atomic E-state index is 12.4. The smallest absolute Gasteiger partial charge is 0.224 e. The molecule has 1 amide bonds. The van der Waals surface area contributed by atoms with Crippen molar-refractivity contribution in [1.82, 2.24) is 14.9 Å². The van der Waals surface area contributed by atoms with Crippen LogP contribution in [0.5, 0.6) is 0 Å². The van der Waals surface area contributed by atoms with Crippen LogP contribution < -0.4 is 5.32 Å². The number of rotatable bonds is 6. The van der Waals surface area contributed by atoms with E-state index in [0.29, 0.717) is 12.5 Å². The Morgan fingerprint density at radius 1 is 1.12 bits per heavy atom. The van der Waals surface area contributed by atoms with Crippen molar-refractivity contribution < 1.29 is 4.79 Å². The minimum absolute atomic E-state index is 0.122. The van der Waals surface area contributed by atoms with E-state index in [1.165, 1.54) is 11.1 Å². The van der Waals surface area contributed by atoms with E-state index in [2.05, 4.69) is 40.6 Å². The van der Waals surface area contributed by atoms with Crippen LogP contribution in [0.15, 0.2) is 73.3 Å². The van der Waals surface area contributed by atoms with Gasteiger partial charge in [0.25, 0.3) is 0 Å². The Morgan fingerprint density at radius 2 is 1.96 bits per heavy atom. The van der Waals surface area contributed by atoms with Gasteiger partial charge < -0.3 is 9.88 Å². The first kappa shape index (κ1) is 15.6. The number of aromatic nitrogens is 2. The fraction of sp³-hybridized carbons (Fsp3) is 0.238. The van der Waals surface area contributed by atoms with Crippen molar-refractivity contribution in [2.45, 2.75) is 25.4 Å². The molecule has 4 heteroatoms. The Hall–Kier alpha value is -2.88. The van der Waals surface area contributed by atoms with Crippen LogP contribution >= 0.6 is 0 Å². The highest BCUT2D eigenvalue weighted by Crippen LogP contribution is 2.47. The van der Waals surface area contributed by atoms with Gasteiger partial charge in [-0.2, -0.15) is 0 Å². The number of benzene rings is 2. The lowest BCUT2D eigenvalue weighted by Crippen LogP contribution is -2.24. The second-order valence-corrected chi connectivity index (χ2v) is 6.63. The molecule has 4 nitrogen and oxygen atoms in total. The van der Waals surface area contributed by atoms with Crippen LogP contribution in [0.3, 0.4) is 0 Å². The lowest BCUT2D eigenvalue weighted by Gasteiger charge is -2.08. The van der Waals surface area contributed by atoms with E-state index in [9.17, 15) is 4.79 Å². The van der Waals surface area contributed by atoms with Crippen molar-refractivity contribution in [1.29, 1.82) is 0 Å². The highest BCUT2D eigenvalue weighted by atomic mass is 16.2. The summed E-state index contributed by atoms with van der Waals surface area (Å²) in [5.41, 5.74) is 3.60. The second kappa shape index (κ2) is 6.93. The van der Waals surface area contributed by atoms with Crippen LogP contribution in [0.4, 0.5) is 0 Å². The van der Waals surface area contributed by atoms with Crippen LogP contribution in [0.1, 0.15) is 29.0 Å². The number of carbonyl (C=O) groups is 1. The first-order valence-corrected chi connectivity index (χ1v) is 8.66. The number of hydrogen-bond acceptors (Lipinski definition) is 2. The van der Waals surface area contributed by atoms with E-state index in [1.807, 2.05) is 41.4 Å². The molecule has 2 unspecified atom stereocenters. The van der Waals surface area contributed by atoms with Gasteiger partial charge >= 0.3 is 0 Å². The molecule has 0 aliphatic heterocycles. The Kier molecular flexibility index (Phi) is 4.34. The first-order chi connectivity index (χ1) is 12.3. The largest absolute Gasteiger partial charge is 0.352 e. The van der Waals surface area contributed by atoms with E-state index in [-0.39, 0.29) is 11.8 Å². The van der Waals surface area contributed by atoms with E-state index in [4.69, 9.17) is 0 Å². The molecule has 1 aliphatic rings. The number of carbonyl (C=O) groups excluding carboxylic acids is 1. The molecule has 0 spiro atoms. The molecule has 1 aromatic heterocycles. The quantitative estimate of drug-likeness (QED) is 0.753. The predicted molar refractivity (Wildman–Crippen MR) is 96.9 cm³/mol. The average molecular weight is 331 g/mol. The van der Waals surface area contributed by atoms with Crippen LogP contribution in [-0.2, 0) is 17.9 Å². The van der Waals surface area contributed by atoms with Crippen molar-refractivity contribution in [2.75, 3.05) is 0 Å². The van der Waals surface area contributed by atoms with Gasteiger partial charge in [0.2, 0.25) is 5.91 Å². The van der Waals surface area contributed by atoms with Gasteiger partial charge in [-0.05, 0) is 29.0 Å². The molecule has 3 aromatic rings. The number of hydrogen-bond donors (Lipinski definition) is 1. The Bertz CT molecular complexity index is 843. The molecular weight excluding hydrogens is 310 g/mol. The molecule has 25 heavy (non-hydrogen) atoms. The van der Waals surface area contributed by atoms with Crippen LogP contribution in [0, 0.1) is 5.92 Å². The normalized spacial score (nSPS) is 18.7. The van der Waals surface area contributed by atoms with Crippen molar-refractivity contribution in [3.63, 3.8) is 0 Å². The fourth-order valence-electron chi connectivity index (χ4n) is 3.30. The van der Waals surface area contributed by atoms with Gasteiger partial charge in [0.05, 0.1) is 6.33 Å². The summed E-state index contributed by atoms with van der Waals surface area (Å²) in [5, 5.41) is 3.09. The summed E-state index contributed by atoms with van der Waals surface area (Å²) in [7, 11) is 0. The number of nitrogens with zero attached hydrogens (tertiary/aromatic N) is 2. The maximum Gasteiger partial charge on any atom is 0.224 e. The molecule has 0 bridgehead atoms. The monoisotopic (exact) mass is 331 g/mol. The summed E-state index contributed by atoms with van der Waals surface area (Å²) in [5.74, 6) is 0.666. The molecule has 1 N–H and O–H groups in total. The third-order valence-corrected chi connectivity index (χ3v) is 4.74. The zero-order valence-electron chi connectivity index (χ0n) is 14.0. The summed E-state index contributed by atoms with van der Waals surface area (Å²) >= 11 is 0. The van der Waals surface area contributed by atoms with Crippen molar-refractivity contribution >= 4 is 5.91 Å². The lowest BCUT2D eigenvalue weighted by atomic mass is 10.1. The number of nitrogens with one attached hydrogen (secondary N) is 1. The minimum Gasteiger partial charge on any atom is -0.352 e. The maximum atomic E-state index is 12.4. The molecule has 0 saturated heterocycles. The second-order valence-electron chi connectivity index (χ2n) is 6.63. The Labute approximate surface area is 147 Å². The topological polar surface area (TPSA) is 46.9 Å². The van der Waals surface area contributed by atoms with Gasteiger partial charge in [-0.3, -0.25) is 4.79 Å². The summed E-state index contributed by atoms with van der Waals surface area (Å²) in [4.78, 5) is 16.4. The SMILES string of the molecule is O=C(NCc1cccc(Cn2ccnc2)c1)C1CC1c1ccccc1. The standard InChI is InChI=1S/C21H21N3O/c25-21(20-12-19(20)18-7-2-1-3-8-18)23-13-16-5-4-6-17(11-16)14-24-10-9-22-15-24/h1-11,15,19-20H,12-14H2,(H,23,25). The predicted octanol–water partition coefficient (Wildman–Crippen LogP) is 3.35. The van der Waals surface area contributed by atoms with E-state index < -0.39 is 0 Å². The summed E-state index contributed by atoms with van der Waals surface area (Å²) in [6.07, 6.45) is 6.50. The summed E-state index contributed by atoms with van der Waals surface area (Å²) in [6, 6.07) is 18.6. The molecule has 2 atom stereocenters. The van der Waals surface area contributed by atoms with Crippen molar-refractivity contribution in [2.24, 2.45) is 5.92 Å². The third kappa shape index (κ3) is 3.79. The molecule has 126 valence electrons. The molecule has 0 radical (unpaired) electrons. The van der Waals surface area contributed by atoms with E-state index in [1.54, 1.807) is 6.20 Å². The number of imidazole rings is 1. The zero-order valence-corrected chi connectivity index (χ0v) is 14.0. The molecule has 1 heterocycles. The van der Waals surface area contributed by atoms with Gasteiger partial charge in [-0.15, -0.1) is 0 Å². The Balaban J connectivity index is 1.32. The molecule has 1 aliphatic carbocycles.